The lowest BCUT2D eigenvalue weighted by Crippen LogP contribution is -2.14. The van der Waals surface area contributed by atoms with E-state index in [0.29, 0.717) is 19.8 Å². The molecular weight excluding hydrogens is 467 g/mol. The molecule has 0 aliphatic rings. The summed E-state index contributed by atoms with van der Waals surface area (Å²) in [6.45, 7) is 14.6. The predicted molar refractivity (Wildman–Crippen MR) is 154 cm³/mol. The average Bonchev–Trinajstić information content (AvgIpc) is 2.83. The summed E-state index contributed by atoms with van der Waals surface area (Å²) in [5.41, 5.74) is 4.16. The number of carbonyl (C=O) groups excluding carboxylic acids is 1. The highest BCUT2D eigenvalue weighted by atomic mass is 31.1. The van der Waals surface area contributed by atoms with Crippen LogP contribution < -0.4 is 19.5 Å². The fourth-order valence-electron chi connectivity index (χ4n) is 4.32. The van der Waals surface area contributed by atoms with E-state index in [4.69, 9.17) is 14.2 Å². The van der Waals surface area contributed by atoms with Crippen LogP contribution in [0.1, 0.15) is 106 Å². The monoisotopic (exact) mass is 514 g/mol. The quantitative estimate of drug-likeness (QED) is 0.148. The molecule has 200 valence electrons. The number of rotatable bonds is 18. The van der Waals surface area contributed by atoms with Gasteiger partial charge in [-0.3, -0.25) is 4.79 Å². The molecule has 0 radical (unpaired) electrons. The third-order valence-corrected chi connectivity index (χ3v) is 7.43. The van der Waals surface area contributed by atoms with Crippen LogP contribution in [0.4, 0.5) is 0 Å². The first-order valence-electron chi connectivity index (χ1n) is 13.9. The van der Waals surface area contributed by atoms with Gasteiger partial charge in [0, 0.05) is 17.7 Å². The molecule has 2 aromatic rings. The van der Waals surface area contributed by atoms with Gasteiger partial charge < -0.3 is 14.2 Å². The van der Waals surface area contributed by atoms with Crippen molar-refractivity contribution < 1.29 is 19.0 Å². The lowest BCUT2D eigenvalue weighted by molar-refractivity contribution is 0.108. The zero-order valence-corrected chi connectivity index (χ0v) is 24.4. The number of benzene rings is 2. The van der Waals surface area contributed by atoms with Gasteiger partial charge in [0.25, 0.3) is 0 Å². The summed E-state index contributed by atoms with van der Waals surface area (Å²) < 4.78 is 18.7. The number of hydrogen-bond donors (Lipinski definition) is 0. The van der Waals surface area contributed by atoms with Gasteiger partial charge in [0.1, 0.15) is 17.2 Å². The van der Waals surface area contributed by atoms with E-state index in [0.717, 1.165) is 97.0 Å². The van der Waals surface area contributed by atoms with Gasteiger partial charge in [0.2, 0.25) is 0 Å². The van der Waals surface area contributed by atoms with Crippen LogP contribution in [0.15, 0.2) is 24.3 Å². The van der Waals surface area contributed by atoms with Crippen molar-refractivity contribution in [1.82, 2.24) is 0 Å². The molecule has 0 aromatic heterocycles. The Labute approximate surface area is 221 Å². The molecule has 36 heavy (non-hydrogen) atoms. The lowest BCUT2D eigenvalue weighted by Gasteiger charge is -2.19. The molecule has 5 heteroatoms. The summed E-state index contributed by atoms with van der Waals surface area (Å²) in [4.78, 5) is 13.6. The largest absolute Gasteiger partial charge is 0.493 e. The second kappa shape index (κ2) is 16.6. The Morgan fingerprint density at radius 2 is 1.11 bits per heavy atom. The Morgan fingerprint density at radius 3 is 1.56 bits per heavy atom. The summed E-state index contributed by atoms with van der Waals surface area (Å²) in [5.74, 6) is 2.20. The molecule has 2 rings (SSSR count). The number of aryl methyl sites for hydroxylation is 3. The summed E-state index contributed by atoms with van der Waals surface area (Å²) in [6, 6.07) is 8.09. The Kier molecular flexibility index (Phi) is 13.9. The molecule has 4 nitrogen and oxygen atoms in total. The van der Waals surface area contributed by atoms with Gasteiger partial charge in [-0.25, -0.2) is 0 Å². The minimum atomic E-state index is -0.0785. The highest BCUT2D eigenvalue weighted by Crippen LogP contribution is 2.36. The molecule has 1 unspecified atom stereocenters. The van der Waals surface area contributed by atoms with Crippen molar-refractivity contribution in [1.29, 1.82) is 0 Å². The Morgan fingerprint density at radius 1 is 0.667 bits per heavy atom. The van der Waals surface area contributed by atoms with Gasteiger partial charge in [-0.15, -0.1) is 0 Å². The molecular formula is C31H47O4P. The maximum atomic E-state index is 13.6. The van der Waals surface area contributed by atoms with Crippen LogP contribution >= 0.6 is 8.58 Å². The topological polar surface area (TPSA) is 44.8 Å². The smallest absolute Gasteiger partial charge is 0.186 e. The molecule has 0 heterocycles. The summed E-state index contributed by atoms with van der Waals surface area (Å²) in [7, 11) is -0.0785. The molecule has 0 saturated carbocycles. The maximum absolute atomic E-state index is 13.6. The fourth-order valence-corrected chi connectivity index (χ4v) is 5.61. The molecule has 0 amide bonds. The molecule has 0 saturated heterocycles. The summed E-state index contributed by atoms with van der Waals surface area (Å²) in [5, 5.41) is 0.855. The molecule has 2 aromatic carbocycles. The third kappa shape index (κ3) is 9.77. The zero-order valence-electron chi connectivity index (χ0n) is 23.4. The van der Waals surface area contributed by atoms with Gasteiger partial charge in [0.05, 0.1) is 25.1 Å². The fraction of sp³-hybridized carbons (Fsp3) is 0.581. The van der Waals surface area contributed by atoms with Gasteiger partial charge in [-0.05, 0) is 59.7 Å². The SMILES string of the molecule is CCCCCOc1cc(OCCCCC)c(PC(=O)c2c(C)cc(C)cc2C)c(OCCCCC)c1. The van der Waals surface area contributed by atoms with Crippen molar-refractivity contribution in [3.63, 3.8) is 0 Å². The van der Waals surface area contributed by atoms with E-state index in [1.165, 1.54) is 5.56 Å². The maximum Gasteiger partial charge on any atom is 0.186 e. The number of hydrogen-bond acceptors (Lipinski definition) is 4. The Hall–Kier alpha value is -2.06. The Balaban J connectivity index is 2.41. The van der Waals surface area contributed by atoms with Crippen LogP contribution in [0.5, 0.6) is 17.2 Å². The number of ether oxygens (including phenoxy) is 3. The van der Waals surface area contributed by atoms with Crippen molar-refractivity contribution >= 4 is 19.4 Å². The summed E-state index contributed by atoms with van der Waals surface area (Å²) in [6.07, 6.45) is 9.78. The van der Waals surface area contributed by atoms with Crippen molar-refractivity contribution in [2.45, 2.75) is 99.3 Å². The lowest BCUT2D eigenvalue weighted by atomic mass is 10.0. The predicted octanol–water partition coefficient (Wildman–Crippen LogP) is 8.46. The van der Waals surface area contributed by atoms with Crippen LogP contribution in [0.3, 0.4) is 0 Å². The molecule has 0 N–H and O–H groups in total. The van der Waals surface area contributed by atoms with E-state index in [-0.39, 0.29) is 14.1 Å². The van der Waals surface area contributed by atoms with Gasteiger partial charge in [-0.2, -0.15) is 0 Å². The van der Waals surface area contributed by atoms with E-state index in [1.54, 1.807) is 0 Å². The van der Waals surface area contributed by atoms with Crippen molar-refractivity contribution in [2.75, 3.05) is 19.8 Å². The van der Waals surface area contributed by atoms with Crippen LogP contribution in [-0.2, 0) is 0 Å². The second-order valence-corrected chi connectivity index (χ2v) is 10.9. The van der Waals surface area contributed by atoms with Crippen molar-refractivity contribution in [2.24, 2.45) is 0 Å². The van der Waals surface area contributed by atoms with Crippen molar-refractivity contribution in [3.8, 4) is 17.2 Å². The molecule has 0 aliphatic heterocycles. The summed E-state index contributed by atoms with van der Waals surface area (Å²) >= 11 is 0. The van der Waals surface area contributed by atoms with Crippen LogP contribution in [0.2, 0.25) is 0 Å². The minimum absolute atomic E-state index is 0.0785. The van der Waals surface area contributed by atoms with Crippen molar-refractivity contribution in [3.05, 3.63) is 46.5 Å². The molecule has 0 aliphatic carbocycles. The highest BCUT2D eigenvalue weighted by molar-refractivity contribution is 7.66. The first-order valence-corrected chi connectivity index (χ1v) is 14.9. The Bertz CT molecular complexity index is 898. The second-order valence-electron chi connectivity index (χ2n) is 9.69. The van der Waals surface area contributed by atoms with Crippen LogP contribution in [0.25, 0.3) is 0 Å². The molecule has 0 bridgehead atoms. The molecule has 0 spiro atoms. The normalized spacial score (nSPS) is 11.3. The highest BCUT2D eigenvalue weighted by Gasteiger charge is 2.21. The standard InChI is InChI=1S/C31H47O4P/c1-7-10-13-16-33-26-21-27(34-17-14-11-8-2)30(28(22-26)35-18-15-12-9-3)36-31(32)29-24(5)19-23(4)20-25(29)6/h19-22,36H,7-18H2,1-6H3. The average molecular weight is 515 g/mol. The first-order chi connectivity index (χ1) is 17.4. The number of carbonyl (C=O) groups is 1. The van der Waals surface area contributed by atoms with Crippen LogP contribution in [0, 0.1) is 20.8 Å². The van der Waals surface area contributed by atoms with Gasteiger partial charge in [0.15, 0.2) is 5.52 Å². The van der Waals surface area contributed by atoms with E-state index in [2.05, 4.69) is 39.8 Å². The minimum Gasteiger partial charge on any atom is -0.493 e. The zero-order chi connectivity index (χ0) is 26.3. The molecule has 0 fully saturated rings. The van der Waals surface area contributed by atoms with E-state index < -0.39 is 0 Å². The van der Waals surface area contributed by atoms with Crippen LogP contribution in [-0.4, -0.2) is 25.3 Å². The molecule has 1 atom stereocenters. The van der Waals surface area contributed by atoms with E-state index in [9.17, 15) is 4.79 Å². The third-order valence-electron chi connectivity index (χ3n) is 6.21. The van der Waals surface area contributed by atoms with Gasteiger partial charge >= 0.3 is 0 Å². The van der Waals surface area contributed by atoms with E-state index >= 15 is 0 Å². The first kappa shape index (κ1) is 30.2. The van der Waals surface area contributed by atoms with Gasteiger partial charge in [-0.1, -0.05) is 77.0 Å². The number of unbranched alkanes of at least 4 members (excludes halogenated alkanes) is 6. The van der Waals surface area contributed by atoms with E-state index in [1.807, 2.05) is 26.0 Å².